The molecule has 0 radical (unpaired) electrons. The van der Waals surface area contributed by atoms with Crippen molar-refractivity contribution >= 4 is 38.8 Å². The quantitative estimate of drug-likeness (QED) is 0.371. The minimum Gasteiger partial charge on any atom is -0.344 e. The van der Waals surface area contributed by atoms with Gasteiger partial charge >= 0.3 is 0 Å². The maximum Gasteiger partial charge on any atom is 0.224 e. The average molecular weight is 577 g/mol. The number of sulfone groups is 1. The van der Waals surface area contributed by atoms with Gasteiger partial charge in [-0.25, -0.2) is 8.42 Å². The van der Waals surface area contributed by atoms with Crippen LogP contribution < -0.4 is 10.6 Å². The van der Waals surface area contributed by atoms with Gasteiger partial charge < -0.3 is 10.6 Å². The Morgan fingerprint density at radius 2 is 1.72 bits per heavy atom. The molecule has 9 nitrogen and oxygen atoms in total. The van der Waals surface area contributed by atoms with Crippen molar-refractivity contribution in [2.45, 2.75) is 82.5 Å². The molecule has 1 fully saturated rings. The van der Waals surface area contributed by atoms with E-state index in [0.29, 0.717) is 10.6 Å². The molecule has 1 aromatic carbocycles. The fraction of sp³-hybridized carbons (Fsp3) is 0.607. The third kappa shape index (κ3) is 7.58. The van der Waals surface area contributed by atoms with Crippen LogP contribution in [-0.2, 0) is 30.6 Å². The summed E-state index contributed by atoms with van der Waals surface area (Å²) in [5.41, 5.74) is 1.36. The van der Waals surface area contributed by atoms with Gasteiger partial charge in [0.1, 0.15) is 17.5 Å². The fourth-order valence-corrected chi connectivity index (χ4v) is 6.36. The van der Waals surface area contributed by atoms with Crippen LogP contribution in [0.2, 0.25) is 0 Å². The molecule has 0 saturated heterocycles. The Morgan fingerprint density at radius 1 is 1.08 bits per heavy atom. The van der Waals surface area contributed by atoms with Gasteiger partial charge in [0, 0.05) is 30.6 Å². The Kier molecular flexibility index (Phi) is 10.5. The van der Waals surface area contributed by atoms with Gasteiger partial charge in [0.15, 0.2) is 15.6 Å². The van der Waals surface area contributed by atoms with Crippen molar-refractivity contribution in [1.29, 1.82) is 0 Å². The number of hydrogen-bond acceptors (Lipinski definition) is 9. The SMILES string of the molecule is CN[C@@H](C)C(=O)C[C@H](C(=O)N[C@H](C(=O)Cc1snnc1-c1ccccc1)C(C)(C)S(C)(=O)=O)C1CCCCC1. The van der Waals surface area contributed by atoms with Crippen LogP contribution in [0.25, 0.3) is 11.3 Å². The molecule has 1 aliphatic carbocycles. The van der Waals surface area contributed by atoms with Crippen molar-refractivity contribution in [1.82, 2.24) is 20.2 Å². The second-order valence-corrected chi connectivity index (χ2v) is 14.5. The number of rotatable bonds is 13. The number of nitrogens with one attached hydrogen (secondary N) is 2. The van der Waals surface area contributed by atoms with Gasteiger partial charge in [-0.2, -0.15) is 0 Å². The summed E-state index contributed by atoms with van der Waals surface area (Å²) in [4.78, 5) is 41.1. The first kappa shape index (κ1) is 31.0. The number of hydrogen-bond donors (Lipinski definition) is 2. The van der Waals surface area contributed by atoms with Gasteiger partial charge in [-0.1, -0.05) is 54.1 Å². The molecule has 214 valence electrons. The highest BCUT2D eigenvalue weighted by atomic mass is 32.2. The molecule has 0 bridgehead atoms. The molecule has 1 amide bonds. The van der Waals surface area contributed by atoms with Gasteiger partial charge in [0.2, 0.25) is 5.91 Å². The van der Waals surface area contributed by atoms with Crippen LogP contribution in [0, 0.1) is 11.8 Å². The average Bonchev–Trinajstić information content (AvgIpc) is 3.37. The highest BCUT2D eigenvalue weighted by Gasteiger charge is 2.45. The molecule has 0 aliphatic heterocycles. The van der Waals surface area contributed by atoms with Crippen LogP contribution in [0.1, 0.15) is 64.2 Å². The summed E-state index contributed by atoms with van der Waals surface area (Å²) in [6, 6.07) is 7.59. The third-order valence-corrected chi connectivity index (χ3v) is 11.0. The standard InChI is InChI=1S/C28H40N4O5S2/c1-18(29-4)22(33)16-21(19-12-8-6-9-13-19)27(35)30-26(28(2,3)39(5,36)37)23(34)17-24-25(31-32-38-24)20-14-10-7-11-15-20/h7,10-11,14-15,18-19,21,26,29H,6,8-9,12-13,16-17H2,1-5H3,(H,30,35)/t18-,21-,26+/m0/s1. The van der Waals surface area contributed by atoms with E-state index in [1.807, 2.05) is 30.3 Å². The number of amides is 1. The van der Waals surface area contributed by atoms with Gasteiger partial charge in [-0.05, 0) is 58.1 Å². The lowest BCUT2D eigenvalue weighted by atomic mass is 9.76. The van der Waals surface area contributed by atoms with Crippen LogP contribution in [0.4, 0.5) is 0 Å². The summed E-state index contributed by atoms with van der Waals surface area (Å²) < 4.78 is 28.2. The molecule has 3 rings (SSSR count). The van der Waals surface area contributed by atoms with Crippen LogP contribution in [0.5, 0.6) is 0 Å². The number of benzene rings is 1. The molecule has 0 spiro atoms. The minimum absolute atomic E-state index is 0.000710. The van der Waals surface area contributed by atoms with Crippen molar-refractivity contribution in [3.8, 4) is 11.3 Å². The van der Waals surface area contributed by atoms with Crippen molar-refractivity contribution in [2.75, 3.05) is 13.3 Å². The van der Waals surface area contributed by atoms with Crippen LogP contribution in [0.3, 0.4) is 0 Å². The zero-order valence-electron chi connectivity index (χ0n) is 23.4. The zero-order chi connectivity index (χ0) is 28.8. The number of Topliss-reactive ketones (excluding diaryl/α,β-unsaturated/α-hetero) is 2. The summed E-state index contributed by atoms with van der Waals surface area (Å²) in [7, 11) is -2.07. The van der Waals surface area contributed by atoms with E-state index in [-0.39, 0.29) is 24.5 Å². The number of likely N-dealkylation sites (N-methyl/N-ethyl adjacent to an activating group) is 1. The smallest absolute Gasteiger partial charge is 0.224 e. The number of carbonyl (C=O) groups is 3. The van der Waals surface area contributed by atoms with Gasteiger partial charge in [0.25, 0.3) is 0 Å². The van der Waals surface area contributed by atoms with E-state index in [1.165, 1.54) is 13.8 Å². The lowest BCUT2D eigenvalue weighted by Crippen LogP contribution is -2.59. The van der Waals surface area contributed by atoms with Gasteiger partial charge in [-0.3, -0.25) is 14.4 Å². The Bertz CT molecular complexity index is 1250. The van der Waals surface area contributed by atoms with Crippen molar-refractivity contribution in [2.24, 2.45) is 11.8 Å². The first-order valence-corrected chi connectivity index (χ1v) is 16.1. The monoisotopic (exact) mass is 576 g/mol. The lowest BCUT2D eigenvalue weighted by Gasteiger charge is -2.35. The number of ketones is 2. The predicted molar refractivity (Wildman–Crippen MR) is 153 cm³/mol. The summed E-state index contributed by atoms with van der Waals surface area (Å²) >= 11 is 1.07. The van der Waals surface area contributed by atoms with Gasteiger partial charge in [-0.15, -0.1) is 5.10 Å². The van der Waals surface area contributed by atoms with Crippen LogP contribution in [0.15, 0.2) is 30.3 Å². The van der Waals surface area contributed by atoms with Crippen molar-refractivity contribution in [3.05, 3.63) is 35.2 Å². The summed E-state index contributed by atoms with van der Waals surface area (Å²) in [6.45, 7) is 4.67. The topological polar surface area (TPSA) is 135 Å². The number of carbonyl (C=O) groups excluding carboxylic acids is 3. The summed E-state index contributed by atoms with van der Waals surface area (Å²) in [5, 5.41) is 9.94. The second kappa shape index (κ2) is 13.2. The normalized spacial score (nSPS) is 17.3. The number of aromatic nitrogens is 2. The molecule has 0 unspecified atom stereocenters. The zero-order valence-corrected chi connectivity index (χ0v) is 25.0. The third-order valence-electron chi connectivity index (χ3n) is 8.09. The van der Waals surface area contributed by atoms with Crippen LogP contribution >= 0.6 is 11.5 Å². The molecule has 11 heteroatoms. The summed E-state index contributed by atoms with van der Waals surface area (Å²) in [6.07, 6.45) is 5.65. The van der Waals surface area contributed by atoms with E-state index in [4.69, 9.17) is 0 Å². The highest BCUT2D eigenvalue weighted by Crippen LogP contribution is 2.33. The molecule has 1 aliphatic rings. The molecule has 2 aromatic rings. The Morgan fingerprint density at radius 3 is 2.31 bits per heavy atom. The minimum atomic E-state index is -3.76. The first-order chi connectivity index (χ1) is 18.4. The molecule has 2 N–H and O–H groups in total. The van der Waals surface area contributed by atoms with E-state index in [9.17, 15) is 22.8 Å². The Hall–Kier alpha value is -2.50. The Balaban J connectivity index is 1.92. The van der Waals surface area contributed by atoms with E-state index in [1.54, 1.807) is 14.0 Å². The summed E-state index contributed by atoms with van der Waals surface area (Å²) in [5.74, 6) is -1.61. The van der Waals surface area contributed by atoms with E-state index < -0.39 is 44.3 Å². The van der Waals surface area contributed by atoms with Crippen LogP contribution in [-0.4, -0.2) is 65.6 Å². The van der Waals surface area contributed by atoms with E-state index >= 15 is 0 Å². The molecule has 3 atom stereocenters. The molecule has 39 heavy (non-hydrogen) atoms. The molecular formula is C28H40N4O5S2. The molecule has 1 saturated carbocycles. The first-order valence-electron chi connectivity index (χ1n) is 13.5. The fourth-order valence-electron chi connectivity index (χ4n) is 5.07. The largest absolute Gasteiger partial charge is 0.344 e. The number of nitrogens with zero attached hydrogens (tertiary/aromatic N) is 2. The van der Waals surface area contributed by atoms with Crippen molar-refractivity contribution in [3.63, 3.8) is 0 Å². The predicted octanol–water partition coefficient (Wildman–Crippen LogP) is 3.39. The van der Waals surface area contributed by atoms with Crippen molar-refractivity contribution < 1.29 is 22.8 Å². The molecular weight excluding hydrogens is 536 g/mol. The van der Waals surface area contributed by atoms with Gasteiger partial charge in [0.05, 0.1) is 15.7 Å². The van der Waals surface area contributed by atoms with E-state index in [2.05, 4.69) is 20.2 Å². The molecule has 1 aromatic heterocycles. The Labute approximate surface area is 235 Å². The maximum absolute atomic E-state index is 13.8. The molecule has 1 heterocycles. The maximum atomic E-state index is 13.8. The lowest BCUT2D eigenvalue weighted by molar-refractivity contribution is -0.135. The van der Waals surface area contributed by atoms with E-state index in [0.717, 1.165) is 55.5 Å². The second-order valence-electron chi connectivity index (χ2n) is 11.1. The highest BCUT2D eigenvalue weighted by molar-refractivity contribution is 7.92.